The number of halogens is 1. The van der Waals surface area contributed by atoms with E-state index in [1.54, 1.807) is 0 Å². The zero-order valence-electron chi connectivity index (χ0n) is 11.6. The van der Waals surface area contributed by atoms with Gasteiger partial charge >= 0.3 is 0 Å². The van der Waals surface area contributed by atoms with Crippen molar-refractivity contribution < 1.29 is 0 Å². The SMILES string of the molecule is Br.CCCCCCCCCCCCCC.P. The lowest BCUT2D eigenvalue weighted by atomic mass is 10.1. The third kappa shape index (κ3) is 20.3. The van der Waals surface area contributed by atoms with Crippen molar-refractivity contribution in [3.63, 3.8) is 0 Å². The van der Waals surface area contributed by atoms with Crippen LogP contribution in [0, 0.1) is 0 Å². The molecule has 0 rings (SSSR count). The molecule has 0 amide bonds. The van der Waals surface area contributed by atoms with E-state index in [0.29, 0.717) is 0 Å². The Hall–Kier alpha value is 0.910. The quantitative estimate of drug-likeness (QED) is 0.308. The molecule has 16 heavy (non-hydrogen) atoms. The molecule has 0 aromatic rings. The van der Waals surface area contributed by atoms with Crippen LogP contribution in [0.25, 0.3) is 0 Å². The summed E-state index contributed by atoms with van der Waals surface area (Å²) in [6.45, 7) is 4.57. The van der Waals surface area contributed by atoms with E-state index in [0.717, 1.165) is 0 Å². The van der Waals surface area contributed by atoms with Crippen LogP contribution in [0.3, 0.4) is 0 Å². The summed E-state index contributed by atoms with van der Waals surface area (Å²) in [6, 6.07) is 0. The molecule has 0 bridgehead atoms. The smallest absolute Gasteiger partial charge is 0.0533 e. The highest BCUT2D eigenvalue weighted by Crippen LogP contribution is 2.11. The summed E-state index contributed by atoms with van der Waals surface area (Å²) < 4.78 is 0. The van der Waals surface area contributed by atoms with Crippen molar-refractivity contribution in [2.45, 2.75) is 90.9 Å². The molecular formula is C14H34BrP. The molecule has 102 valence electrons. The zero-order valence-corrected chi connectivity index (χ0v) is 14.7. The predicted molar refractivity (Wildman–Crippen MR) is 88.2 cm³/mol. The largest absolute Gasteiger partial charge is 0.153 e. The molecule has 0 heterocycles. The van der Waals surface area contributed by atoms with Crippen LogP contribution in [0.15, 0.2) is 0 Å². The second kappa shape index (κ2) is 21.2. The van der Waals surface area contributed by atoms with E-state index in [2.05, 4.69) is 13.8 Å². The first-order valence-corrected chi connectivity index (χ1v) is 6.91. The average molecular weight is 313 g/mol. The first-order valence-electron chi connectivity index (χ1n) is 6.91. The normalized spacial score (nSPS) is 9.38. The molecule has 0 N–H and O–H groups in total. The monoisotopic (exact) mass is 312 g/mol. The Morgan fingerprint density at radius 2 is 0.625 bits per heavy atom. The third-order valence-electron chi connectivity index (χ3n) is 2.96. The van der Waals surface area contributed by atoms with Gasteiger partial charge in [-0.25, -0.2) is 0 Å². The molecule has 0 aromatic heterocycles. The Kier molecular flexibility index (Phi) is 29.3. The summed E-state index contributed by atoms with van der Waals surface area (Å²) in [5.74, 6) is 0. The third-order valence-corrected chi connectivity index (χ3v) is 2.96. The fourth-order valence-corrected chi connectivity index (χ4v) is 1.91. The van der Waals surface area contributed by atoms with Crippen molar-refractivity contribution >= 4 is 26.9 Å². The van der Waals surface area contributed by atoms with Crippen LogP contribution in [-0.2, 0) is 0 Å². The van der Waals surface area contributed by atoms with Gasteiger partial charge in [0.25, 0.3) is 0 Å². The van der Waals surface area contributed by atoms with Gasteiger partial charge in [-0.3, -0.25) is 0 Å². The van der Waals surface area contributed by atoms with Crippen molar-refractivity contribution in [3.8, 4) is 0 Å². The van der Waals surface area contributed by atoms with Gasteiger partial charge in [0, 0.05) is 0 Å². The molecule has 0 radical (unpaired) electrons. The summed E-state index contributed by atoms with van der Waals surface area (Å²) in [5, 5.41) is 0. The van der Waals surface area contributed by atoms with E-state index in [-0.39, 0.29) is 26.9 Å². The molecule has 0 nitrogen and oxygen atoms in total. The van der Waals surface area contributed by atoms with E-state index in [9.17, 15) is 0 Å². The Balaban J connectivity index is -0.000000845. The summed E-state index contributed by atoms with van der Waals surface area (Å²) in [4.78, 5) is 0. The van der Waals surface area contributed by atoms with Crippen LogP contribution < -0.4 is 0 Å². The molecule has 1 atom stereocenters. The van der Waals surface area contributed by atoms with Crippen LogP contribution >= 0.6 is 26.9 Å². The minimum Gasteiger partial charge on any atom is -0.153 e. The van der Waals surface area contributed by atoms with Gasteiger partial charge in [0.15, 0.2) is 0 Å². The van der Waals surface area contributed by atoms with E-state index >= 15 is 0 Å². The first kappa shape index (κ1) is 22.1. The summed E-state index contributed by atoms with van der Waals surface area (Å²) in [6.07, 6.45) is 17.4. The van der Waals surface area contributed by atoms with Crippen LogP contribution in [0.1, 0.15) is 90.9 Å². The maximum absolute atomic E-state index is 2.29. The molecule has 0 aromatic carbocycles. The summed E-state index contributed by atoms with van der Waals surface area (Å²) in [5.41, 5.74) is 0. The Bertz CT molecular complexity index is 84.7. The van der Waals surface area contributed by atoms with Gasteiger partial charge in [0.1, 0.15) is 0 Å². The highest BCUT2D eigenvalue weighted by Gasteiger charge is 1.91. The van der Waals surface area contributed by atoms with Crippen LogP contribution in [0.4, 0.5) is 0 Å². The number of unbranched alkanes of at least 4 members (excludes halogenated alkanes) is 11. The van der Waals surface area contributed by atoms with E-state index in [4.69, 9.17) is 0 Å². The number of rotatable bonds is 11. The van der Waals surface area contributed by atoms with Gasteiger partial charge in [-0.1, -0.05) is 90.9 Å². The minimum absolute atomic E-state index is 0. The van der Waals surface area contributed by atoms with Gasteiger partial charge in [-0.2, -0.15) is 9.90 Å². The second-order valence-corrected chi connectivity index (χ2v) is 4.54. The second-order valence-electron chi connectivity index (χ2n) is 4.54. The van der Waals surface area contributed by atoms with Crippen LogP contribution in [0.5, 0.6) is 0 Å². The molecule has 1 unspecified atom stereocenters. The van der Waals surface area contributed by atoms with Crippen molar-refractivity contribution in [1.29, 1.82) is 0 Å². The van der Waals surface area contributed by atoms with Gasteiger partial charge < -0.3 is 0 Å². The van der Waals surface area contributed by atoms with E-state index in [1.165, 1.54) is 77.0 Å². The van der Waals surface area contributed by atoms with E-state index < -0.39 is 0 Å². The molecule has 0 aliphatic carbocycles. The van der Waals surface area contributed by atoms with Crippen molar-refractivity contribution in [1.82, 2.24) is 0 Å². The lowest BCUT2D eigenvalue weighted by Gasteiger charge is -2.01. The molecule has 0 aliphatic heterocycles. The molecular weight excluding hydrogens is 279 g/mol. The number of hydrogen-bond acceptors (Lipinski definition) is 0. The molecule has 0 saturated heterocycles. The predicted octanol–water partition coefficient (Wildman–Crippen LogP) is 6.34. The number of hydrogen-bond donors (Lipinski definition) is 0. The lowest BCUT2D eigenvalue weighted by Crippen LogP contribution is -1.81. The summed E-state index contributed by atoms with van der Waals surface area (Å²) in [7, 11) is 0. The van der Waals surface area contributed by atoms with Crippen molar-refractivity contribution in [2.75, 3.05) is 0 Å². The van der Waals surface area contributed by atoms with E-state index in [1.807, 2.05) is 0 Å². The summed E-state index contributed by atoms with van der Waals surface area (Å²) >= 11 is 0. The van der Waals surface area contributed by atoms with Crippen LogP contribution in [-0.4, -0.2) is 0 Å². The topological polar surface area (TPSA) is 0 Å². The fourth-order valence-electron chi connectivity index (χ4n) is 1.91. The van der Waals surface area contributed by atoms with Gasteiger partial charge in [0.2, 0.25) is 0 Å². The molecule has 0 fully saturated rings. The molecule has 0 aliphatic rings. The molecule has 0 saturated carbocycles. The van der Waals surface area contributed by atoms with Gasteiger partial charge in [-0.15, -0.1) is 17.0 Å². The Morgan fingerprint density at radius 3 is 0.812 bits per heavy atom. The Morgan fingerprint density at radius 1 is 0.438 bits per heavy atom. The maximum atomic E-state index is 2.29. The fraction of sp³-hybridized carbons (Fsp3) is 1.00. The standard InChI is InChI=1S/C14H30.BrH.H3P/c1-3-5-7-9-11-13-14-12-10-8-6-4-2;;/h3-14H2,1-2H3;1H;1H3. The van der Waals surface area contributed by atoms with Gasteiger partial charge in [-0.05, 0) is 0 Å². The van der Waals surface area contributed by atoms with Gasteiger partial charge in [0.05, 0.1) is 0 Å². The highest BCUT2D eigenvalue weighted by atomic mass is 79.9. The average Bonchev–Trinajstić information content (AvgIpc) is 2.21. The maximum Gasteiger partial charge on any atom is -0.0533 e. The minimum atomic E-state index is 0. The first-order chi connectivity index (χ1) is 6.91. The lowest BCUT2D eigenvalue weighted by molar-refractivity contribution is 0.548. The Labute approximate surface area is 118 Å². The molecule has 0 spiro atoms. The highest BCUT2D eigenvalue weighted by molar-refractivity contribution is 8.93. The van der Waals surface area contributed by atoms with Crippen molar-refractivity contribution in [2.24, 2.45) is 0 Å². The zero-order chi connectivity index (χ0) is 10.5. The molecule has 2 heteroatoms. The van der Waals surface area contributed by atoms with Crippen molar-refractivity contribution in [3.05, 3.63) is 0 Å². The van der Waals surface area contributed by atoms with Crippen LogP contribution in [0.2, 0.25) is 0 Å².